The molecule has 0 amide bonds. The number of fused-ring (bicyclic) bond motifs is 1. The Hall–Kier alpha value is -1.13. The second-order valence-electron chi connectivity index (χ2n) is 4.23. The van der Waals surface area contributed by atoms with Crippen LogP contribution in [0.5, 0.6) is 0 Å². The molecule has 4 heteroatoms. The van der Waals surface area contributed by atoms with E-state index in [1.54, 1.807) is 11.3 Å². The summed E-state index contributed by atoms with van der Waals surface area (Å²) >= 11 is 1.74. The molecule has 1 aliphatic heterocycles. The molecule has 1 atom stereocenters. The Labute approximate surface area is 99.1 Å². The lowest BCUT2D eigenvalue weighted by Crippen LogP contribution is -2.22. The normalized spacial score (nSPS) is 20.4. The van der Waals surface area contributed by atoms with Crippen molar-refractivity contribution in [2.75, 3.05) is 6.54 Å². The Kier molecular flexibility index (Phi) is 2.53. The molecule has 3 rings (SSSR count). The summed E-state index contributed by atoms with van der Waals surface area (Å²) < 4.78 is 2.29. The fourth-order valence-electron chi connectivity index (χ4n) is 2.27. The number of imidazole rings is 1. The fourth-order valence-corrected chi connectivity index (χ4v) is 2.95. The zero-order chi connectivity index (χ0) is 11.0. The molecule has 3 heterocycles. The van der Waals surface area contributed by atoms with Crippen LogP contribution in [0.25, 0.3) is 0 Å². The molecule has 0 bridgehead atoms. The van der Waals surface area contributed by atoms with Gasteiger partial charge in [-0.25, -0.2) is 4.98 Å². The first-order valence-corrected chi connectivity index (χ1v) is 6.58. The monoisotopic (exact) mass is 233 g/mol. The van der Waals surface area contributed by atoms with E-state index < -0.39 is 0 Å². The second-order valence-corrected chi connectivity index (χ2v) is 5.01. The molecule has 3 nitrogen and oxygen atoms in total. The van der Waals surface area contributed by atoms with Crippen LogP contribution in [0.1, 0.15) is 29.5 Å². The number of hydrogen-bond donors (Lipinski definition) is 1. The van der Waals surface area contributed by atoms with Crippen molar-refractivity contribution >= 4 is 11.3 Å². The van der Waals surface area contributed by atoms with Crippen LogP contribution in [0.4, 0.5) is 0 Å². The maximum Gasteiger partial charge on any atom is 0.130 e. The lowest BCUT2D eigenvalue weighted by molar-refractivity contribution is 0.601. The number of aryl methyl sites for hydroxylation is 2. The van der Waals surface area contributed by atoms with E-state index in [1.807, 2.05) is 0 Å². The Morgan fingerprint density at radius 1 is 1.56 bits per heavy atom. The van der Waals surface area contributed by atoms with Gasteiger partial charge in [-0.3, -0.25) is 0 Å². The highest BCUT2D eigenvalue weighted by atomic mass is 32.1. The molecule has 1 unspecified atom stereocenters. The van der Waals surface area contributed by atoms with Crippen LogP contribution >= 0.6 is 11.3 Å². The van der Waals surface area contributed by atoms with Crippen molar-refractivity contribution in [2.45, 2.75) is 25.9 Å². The lowest BCUT2D eigenvalue weighted by atomic mass is 10.1. The third-order valence-electron chi connectivity index (χ3n) is 2.99. The first kappa shape index (κ1) is 10.1. The van der Waals surface area contributed by atoms with Gasteiger partial charge < -0.3 is 9.88 Å². The highest BCUT2D eigenvalue weighted by Crippen LogP contribution is 2.25. The van der Waals surface area contributed by atoms with Crippen LogP contribution in [0.2, 0.25) is 0 Å². The van der Waals surface area contributed by atoms with Crippen LogP contribution in [0.15, 0.2) is 23.0 Å². The molecule has 1 aliphatic rings. The summed E-state index contributed by atoms with van der Waals surface area (Å²) in [6.07, 6.45) is 3.32. The van der Waals surface area contributed by atoms with E-state index in [1.165, 1.54) is 12.0 Å². The van der Waals surface area contributed by atoms with Gasteiger partial charge in [0.25, 0.3) is 0 Å². The number of nitrogens with zero attached hydrogens (tertiary/aromatic N) is 2. The highest BCUT2D eigenvalue weighted by molar-refractivity contribution is 7.08. The van der Waals surface area contributed by atoms with E-state index in [0.29, 0.717) is 0 Å². The van der Waals surface area contributed by atoms with E-state index in [9.17, 15) is 0 Å². The predicted molar refractivity (Wildman–Crippen MR) is 65.7 cm³/mol. The summed E-state index contributed by atoms with van der Waals surface area (Å²) in [4.78, 5) is 4.65. The van der Waals surface area contributed by atoms with E-state index in [-0.39, 0.29) is 6.04 Å². The van der Waals surface area contributed by atoms with E-state index >= 15 is 0 Å². The Balaban J connectivity index is 2.05. The Morgan fingerprint density at radius 3 is 3.31 bits per heavy atom. The maximum absolute atomic E-state index is 4.65. The Bertz CT molecular complexity index is 472. The molecule has 0 spiro atoms. The summed E-state index contributed by atoms with van der Waals surface area (Å²) in [6, 6.07) is 2.45. The number of rotatable bonds is 1. The molecule has 16 heavy (non-hydrogen) atoms. The van der Waals surface area contributed by atoms with Crippen molar-refractivity contribution in [2.24, 2.45) is 0 Å². The van der Waals surface area contributed by atoms with Crippen LogP contribution in [0.3, 0.4) is 0 Å². The Morgan fingerprint density at radius 2 is 2.50 bits per heavy atom. The first-order chi connectivity index (χ1) is 7.84. The largest absolute Gasteiger partial charge is 0.333 e. The zero-order valence-corrected chi connectivity index (χ0v) is 10.1. The molecule has 0 fully saturated rings. The van der Waals surface area contributed by atoms with Gasteiger partial charge in [0.05, 0.1) is 11.7 Å². The van der Waals surface area contributed by atoms with Crippen LogP contribution in [-0.2, 0) is 6.54 Å². The topological polar surface area (TPSA) is 29.9 Å². The minimum absolute atomic E-state index is 0.266. The van der Waals surface area contributed by atoms with Gasteiger partial charge in [0, 0.05) is 12.7 Å². The zero-order valence-electron chi connectivity index (χ0n) is 9.31. The quantitative estimate of drug-likeness (QED) is 0.819. The summed E-state index contributed by atoms with van der Waals surface area (Å²) in [7, 11) is 0. The van der Waals surface area contributed by atoms with Gasteiger partial charge in [0.2, 0.25) is 0 Å². The number of hydrogen-bond acceptors (Lipinski definition) is 3. The molecule has 2 aromatic heterocycles. The molecular formula is C12H15N3S. The summed E-state index contributed by atoms with van der Waals surface area (Å²) in [5.41, 5.74) is 2.44. The summed E-state index contributed by atoms with van der Waals surface area (Å²) in [5.74, 6) is 1.16. The molecule has 0 saturated heterocycles. The lowest BCUT2D eigenvalue weighted by Gasteiger charge is -2.14. The smallest absolute Gasteiger partial charge is 0.130 e. The average molecular weight is 233 g/mol. The number of aromatic nitrogens is 2. The molecule has 1 N–H and O–H groups in total. The molecule has 84 valence electrons. The third kappa shape index (κ3) is 1.68. The van der Waals surface area contributed by atoms with Crippen molar-refractivity contribution in [1.29, 1.82) is 0 Å². The van der Waals surface area contributed by atoms with Gasteiger partial charge in [0.15, 0.2) is 0 Å². The molecule has 2 aromatic rings. The van der Waals surface area contributed by atoms with E-state index in [0.717, 1.165) is 24.6 Å². The third-order valence-corrected chi connectivity index (χ3v) is 3.69. The van der Waals surface area contributed by atoms with Gasteiger partial charge in [-0.2, -0.15) is 11.3 Å². The van der Waals surface area contributed by atoms with Gasteiger partial charge >= 0.3 is 0 Å². The van der Waals surface area contributed by atoms with E-state index in [2.05, 4.69) is 44.8 Å². The van der Waals surface area contributed by atoms with Crippen molar-refractivity contribution in [1.82, 2.24) is 14.9 Å². The highest BCUT2D eigenvalue weighted by Gasteiger charge is 2.22. The van der Waals surface area contributed by atoms with Gasteiger partial charge in [-0.1, -0.05) is 0 Å². The SMILES string of the molecule is Cc1cn2c(n1)C(c1ccsc1)NCCC2. The number of nitrogens with one attached hydrogen (secondary N) is 1. The predicted octanol–water partition coefficient (Wildman–Crippen LogP) is 2.34. The standard InChI is InChI=1S/C12H15N3S/c1-9-7-15-5-2-4-13-11(12(15)14-9)10-3-6-16-8-10/h3,6-8,11,13H,2,4-5H2,1H3. The summed E-state index contributed by atoms with van der Waals surface area (Å²) in [5, 5.41) is 7.91. The average Bonchev–Trinajstić information content (AvgIpc) is 2.86. The van der Waals surface area contributed by atoms with Crippen molar-refractivity contribution in [3.63, 3.8) is 0 Å². The molecule has 0 aromatic carbocycles. The minimum atomic E-state index is 0.266. The van der Waals surface area contributed by atoms with E-state index in [4.69, 9.17) is 0 Å². The fraction of sp³-hybridized carbons (Fsp3) is 0.417. The minimum Gasteiger partial charge on any atom is -0.333 e. The molecule has 0 aliphatic carbocycles. The van der Waals surface area contributed by atoms with Crippen LogP contribution in [0, 0.1) is 6.92 Å². The maximum atomic E-state index is 4.65. The van der Waals surface area contributed by atoms with Gasteiger partial charge in [0.1, 0.15) is 5.82 Å². The van der Waals surface area contributed by atoms with Crippen molar-refractivity contribution in [3.05, 3.63) is 40.1 Å². The van der Waals surface area contributed by atoms with Crippen molar-refractivity contribution < 1.29 is 0 Å². The van der Waals surface area contributed by atoms with Crippen LogP contribution < -0.4 is 5.32 Å². The molecule has 0 radical (unpaired) electrons. The van der Waals surface area contributed by atoms with Crippen LogP contribution in [-0.4, -0.2) is 16.1 Å². The van der Waals surface area contributed by atoms with Crippen molar-refractivity contribution in [3.8, 4) is 0 Å². The summed E-state index contributed by atoms with van der Waals surface area (Å²) in [6.45, 7) is 4.19. The van der Waals surface area contributed by atoms with Gasteiger partial charge in [-0.05, 0) is 42.3 Å². The second kappa shape index (κ2) is 4.03. The number of thiophene rings is 1. The molecular weight excluding hydrogens is 218 g/mol. The first-order valence-electron chi connectivity index (χ1n) is 5.64. The molecule has 0 saturated carbocycles. The van der Waals surface area contributed by atoms with Gasteiger partial charge in [-0.15, -0.1) is 0 Å².